The fourth-order valence-electron chi connectivity index (χ4n) is 4.96. The van der Waals surface area contributed by atoms with E-state index in [1.165, 1.54) is 30.4 Å². The Labute approximate surface area is 153 Å². The molecule has 0 bridgehead atoms. The van der Waals surface area contributed by atoms with Crippen LogP contribution >= 0.6 is 0 Å². The number of piperidine rings is 1. The molecule has 3 N–H and O–H groups in total. The van der Waals surface area contributed by atoms with Crippen LogP contribution in [0.1, 0.15) is 42.7 Å². The maximum Gasteiger partial charge on any atom is 0.221 e. The van der Waals surface area contributed by atoms with E-state index in [9.17, 15) is 4.79 Å². The quantitative estimate of drug-likeness (QED) is 0.791. The Morgan fingerprint density at radius 2 is 2.12 bits per heavy atom. The molecule has 6 nitrogen and oxygen atoms in total. The van der Waals surface area contributed by atoms with Crippen LogP contribution in [0.3, 0.4) is 0 Å². The lowest BCUT2D eigenvalue weighted by Crippen LogP contribution is -2.53. The highest BCUT2D eigenvalue weighted by Crippen LogP contribution is 2.44. The summed E-state index contributed by atoms with van der Waals surface area (Å²) in [6.45, 7) is 2.15. The summed E-state index contributed by atoms with van der Waals surface area (Å²) in [5.41, 5.74) is 10.4. The van der Waals surface area contributed by atoms with Gasteiger partial charge in [0.15, 0.2) is 0 Å². The topological polar surface area (TPSA) is 71.0 Å². The van der Waals surface area contributed by atoms with Crippen molar-refractivity contribution in [3.63, 3.8) is 0 Å². The Bertz CT molecular complexity index is 814. The number of aromatic nitrogens is 2. The molecule has 3 fully saturated rings. The van der Waals surface area contributed by atoms with E-state index in [1.807, 2.05) is 16.9 Å². The summed E-state index contributed by atoms with van der Waals surface area (Å²) >= 11 is 0. The van der Waals surface area contributed by atoms with Gasteiger partial charge < -0.3 is 5.32 Å². The molecular weight excluding hydrogens is 326 g/mol. The second kappa shape index (κ2) is 6.21. The van der Waals surface area contributed by atoms with Gasteiger partial charge in [-0.3, -0.25) is 10.2 Å². The number of benzene rings is 1. The summed E-state index contributed by atoms with van der Waals surface area (Å²) in [6, 6.07) is 8.86. The average Bonchev–Trinajstić information content (AvgIpc) is 3.23. The van der Waals surface area contributed by atoms with Crippen molar-refractivity contribution in [3.8, 4) is 5.69 Å². The third-order valence-electron chi connectivity index (χ3n) is 6.47. The first-order valence-corrected chi connectivity index (χ1v) is 9.62. The number of nitrogens with one attached hydrogen (secondary N) is 3. The Kier molecular flexibility index (Phi) is 3.83. The van der Waals surface area contributed by atoms with Gasteiger partial charge in [0.2, 0.25) is 5.91 Å². The van der Waals surface area contributed by atoms with E-state index >= 15 is 0 Å². The number of fused-ring (bicyclic) bond motifs is 1. The van der Waals surface area contributed by atoms with Crippen LogP contribution < -0.4 is 16.2 Å². The number of aryl methyl sites for hydroxylation is 1. The predicted molar refractivity (Wildman–Crippen MR) is 98.5 cm³/mol. The molecule has 4 atom stereocenters. The van der Waals surface area contributed by atoms with Gasteiger partial charge in [0, 0.05) is 36.7 Å². The van der Waals surface area contributed by atoms with Gasteiger partial charge in [0.1, 0.15) is 0 Å². The van der Waals surface area contributed by atoms with Gasteiger partial charge in [-0.1, -0.05) is 12.5 Å². The molecule has 6 heteroatoms. The largest absolute Gasteiger partial charge is 0.339 e. The van der Waals surface area contributed by atoms with Crippen LogP contribution in [-0.4, -0.2) is 27.9 Å². The highest BCUT2D eigenvalue weighted by molar-refractivity contribution is 5.78. The monoisotopic (exact) mass is 351 g/mol. The zero-order valence-corrected chi connectivity index (χ0v) is 15.0. The highest BCUT2D eigenvalue weighted by atomic mass is 16.2. The SMILES string of the molecule is Cc1cc(-n2cccn2)ccc1C1CC(=O)NC2NNC(C3CCC3)C21. The molecule has 2 aromatic rings. The van der Waals surface area contributed by atoms with Crippen LogP contribution in [0.4, 0.5) is 0 Å². The van der Waals surface area contributed by atoms with Crippen molar-refractivity contribution in [1.29, 1.82) is 0 Å². The molecular formula is C20H25N5O. The molecule has 2 saturated heterocycles. The van der Waals surface area contributed by atoms with Crippen molar-refractivity contribution in [1.82, 2.24) is 25.9 Å². The van der Waals surface area contributed by atoms with Crippen molar-refractivity contribution < 1.29 is 4.79 Å². The van der Waals surface area contributed by atoms with Crippen LogP contribution in [0.15, 0.2) is 36.7 Å². The minimum absolute atomic E-state index is 0.0250. The zero-order valence-electron chi connectivity index (χ0n) is 15.0. The summed E-state index contributed by atoms with van der Waals surface area (Å²) in [4.78, 5) is 12.3. The molecule has 1 aromatic heterocycles. The molecule has 2 aliphatic heterocycles. The molecule has 136 valence electrons. The van der Waals surface area contributed by atoms with E-state index in [0.29, 0.717) is 18.4 Å². The first kappa shape index (κ1) is 16.0. The number of hydrogen-bond acceptors (Lipinski definition) is 4. The van der Waals surface area contributed by atoms with Crippen molar-refractivity contribution in [2.75, 3.05) is 0 Å². The fourth-order valence-corrected chi connectivity index (χ4v) is 4.96. The van der Waals surface area contributed by atoms with Gasteiger partial charge in [-0.05, 0) is 55.0 Å². The van der Waals surface area contributed by atoms with Gasteiger partial charge in [0.05, 0.1) is 11.9 Å². The van der Waals surface area contributed by atoms with Crippen LogP contribution in [0.5, 0.6) is 0 Å². The number of carbonyl (C=O) groups excluding carboxylic acids is 1. The lowest BCUT2D eigenvalue weighted by Gasteiger charge is -2.41. The minimum Gasteiger partial charge on any atom is -0.339 e. The van der Waals surface area contributed by atoms with Gasteiger partial charge in [0.25, 0.3) is 0 Å². The van der Waals surface area contributed by atoms with Gasteiger partial charge in [-0.15, -0.1) is 0 Å². The maximum atomic E-state index is 12.3. The summed E-state index contributed by atoms with van der Waals surface area (Å²) in [7, 11) is 0. The Morgan fingerprint density at radius 3 is 2.81 bits per heavy atom. The van der Waals surface area contributed by atoms with E-state index in [2.05, 4.69) is 46.4 Å². The molecule has 1 amide bonds. The molecule has 0 spiro atoms. The molecule has 1 aromatic carbocycles. The summed E-state index contributed by atoms with van der Waals surface area (Å²) in [5.74, 6) is 1.50. The van der Waals surface area contributed by atoms with Crippen LogP contribution in [0.25, 0.3) is 5.69 Å². The lowest BCUT2D eigenvalue weighted by molar-refractivity contribution is -0.125. The normalized spacial score (nSPS) is 31.3. The second-order valence-corrected chi connectivity index (χ2v) is 7.93. The molecule has 4 unspecified atom stereocenters. The van der Waals surface area contributed by atoms with E-state index < -0.39 is 0 Å². The van der Waals surface area contributed by atoms with Crippen molar-refractivity contribution >= 4 is 5.91 Å². The Morgan fingerprint density at radius 1 is 1.23 bits per heavy atom. The fraction of sp³-hybridized carbons (Fsp3) is 0.500. The molecule has 26 heavy (non-hydrogen) atoms. The number of amides is 1. The maximum absolute atomic E-state index is 12.3. The first-order chi connectivity index (χ1) is 12.7. The van der Waals surface area contributed by atoms with Crippen LogP contribution in [0.2, 0.25) is 0 Å². The van der Waals surface area contributed by atoms with Gasteiger partial charge >= 0.3 is 0 Å². The predicted octanol–water partition coefficient (Wildman–Crippen LogP) is 2.00. The molecule has 0 radical (unpaired) electrons. The molecule has 5 rings (SSSR count). The van der Waals surface area contributed by atoms with Crippen molar-refractivity contribution in [2.24, 2.45) is 11.8 Å². The van der Waals surface area contributed by atoms with E-state index in [4.69, 9.17) is 0 Å². The molecule has 1 aliphatic carbocycles. The van der Waals surface area contributed by atoms with Crippen LogP contribution in [-0.2, 0) is 4.79 Å². The number of carbonyl (C=O) groups is 1. The number of hydrazine groups is 1. The third kappa shape index (κ3) is 2.56. The Hall–Kier alpha value is -2.18. The van der Waals surface area contributed by atoms with Crippen molar-refractivity contribution in [3.05, 3.63) is 47.8 Å². The average molecular weight is 351 g/mol. The second-order valence-electron chi connectivity index (χ2n) is 7.93. The third-order valence-corrected chi connectivity index (χ3v) is 6.47. The Balaban J connectivity index is 1.49. The van der Waals surface area contributed by atoms with Gasteiger partial charge in [-0.2, -0.15) is 5.10 Å². The minimum atomic E-state index is 0.0250. The molecule has 3 heterocycles. The summed E-state index contributed by atoms with van der Waals surface area (Å²) in [5, 5.41) is 7.46. The lowest BCUT2D eigenvalue weighted by atomic mass is 9.67. The summed E-state index contributed by atoms with van der Waals surface area (Å²) in [6.07, 6.45) is 8.25. The first-order valence-electron chi connectivity index (χ1n) is 9.62. The van der Waals surface area contributed by atoms with Crippen molar-refractivity contribution in [2.45, 2.75) is 50.7 Å². The standard InChI is InChI=1S/C20H25N5O/c1-12-10-14(25-9-3-8-21-25)6-7-15(12)16-11-17(26)22-20-18(16)19(23-24-20)13-4-2-5-13/h3,6-10,13,16,18-20,23-24H,2,4-5,11H2,1H3,(H,22,26). The van der Waals surface area contributed by atoms with E-state index in [0.717, 1.165) is 11.6 Å². The molecule has 1 saturated carbocycles. The van der Waals surface area contributed by atoms with Gasteiger partial charge in [-0.25, -0.2) is 10.1 Å². The smallest absolute Gasteiger partial charge is 0.221 e. The number of nitrogens with zero attached hydrogens (tertiary/aromatic N) is 2. The van der Waals surface area contributed by atoms with E-state index in [1.54, 1.807) is 6.20 Å². The zero-order chi connectivity index (χ0) is 17.7. The van der Waals surface area contributed by atoms with Crippen LogP contribution in [0, 0.1) is 18.8 Å². The summed E-state index contributed by atoms with van der Waals surface area (Å²) < 4.78 is 1.88. The molecule has 3 aliphatic rings. The number of hydrogen-bond donors (Lipinski definition) is 3. The van der Waals surface area contributed by atoms with E-state index in [-0.39, 0.29) is 18.0 Å². The number of rotatable bonds is 3. The highest BCUT2D eigenvalue weighted by Gasteiger charge is 2.49.